The Bertz CT molecular complexity index is 669. The molecule has 6 nitrogen and oxygen atoms in total. The predicted octanol–water partition coefficient (Wildman–Crippen LogP) is 2.78. The molecule has 0 aromatic heterocycles. The van der Waals surface area contributed by atoms with Crippen LogP contribution >= 0.6 is 24.0 Å². The van der Waals surface area contributed by atoms with E-state index in [0.29, 0.717) is 18.0 Å². The van der Waals surface area contributed by atoms with E-state index in [9.17, 15) is 4.79 Å². The van der Waals surface area contributed by atoms with Gasteiger partial charge in [-0.15, -0.1) is 24.0 Å². The first-order valence-electron chi connectivity index (χ1n) is 11.1. The maximum absolute atomic E-state index is 11.9. The Labute approximate surface area is 198 Å². The van der Waals surface area contributed by atoms with Gasteiger partial charge in [0.25, 0.3) is 0 Å². The molecule has 1 aliphatic heterocycles. The maximum atomic E-state index is 11.9. The molecule has 1 aliphatic carbocycles. The van der Waals surface area contributed by atoms with Crippen LogP contribution in [-0.4, -0.2) is 62.6 Å². The number of likely N-dealkylation sites (tertiary alicyclic amines) is 1. The molecular formula is C23H38IN5O. The number of piperidine rings is 1. The molecule has 30 heavy (non-hydrogen) atoms. The first kappa shape index (κ1) is 24.9. The molecule has 3 rings (SSSR count). The minimum Gasteiger partial charge on any atom is -0.356 e. The molecule has 2 fully saturated rings. The highest BCUT2D eigenvalue weighted by atomic mass is 127. The van der Waals surface area contributed by atoms with E-state index < -0.39 is 0 Å². The third-order valence-electron chi connectivity index (χ3n) is 6.10. The van der Waals surface area contributed by atoms with Gasteiger partial charge in [0.2, 0.25) is 5.91 Å². The quantitative estimate of drug-likeness (QED) is 0.263. The number of carbonyl (C=O) groups excluding carboxylic acids is 1. The van der Waals surface area contributed by atoms with Crippen molar-refractivity contribution in [2.24, 2.45) is 10.4 Å². The normalized spacial score (nSPS) is 18.9. The van der Waals surface area contributed by atoms with Gasteiger partial charge >= 0.3 is 0 Å². The van der Waals surface area contributed by atoms with Crippen molar-refractivity contribution in [1.29, 1.82) is 0 Å². The summed E-state index contributed by atoms with van der Waals surface area (Å²) < 4.78 is 0. The van der Waals surface area contributed by atoms with Gasteiger partial charge in [0, 0.05) is 39.3 Å². The Balaban J connectivity index is 0.00000320. The standard InChI is InChI=1S/C23H37N5O.HI/c1-3-13-25-21(29)17-28-14-9-20(10-15-28)27-22(24-2)26-18-23(11-12-23)16-19-7-5-4-6-8-19;/h4-8,20H,3,9-18H2,1-2H3,(H,25,29)(H2,24,26,27);1H. The smallest absolute Gasteiger partial charge is 0.234 e. The second-order valence-corrected chi connectivity index (χ2v) is 8.63. The fourth-order valence-corrected chi connectivity index (χ4v) is 4.04. The lowest BCUT2D eigenvalue weighted by Gasteiger charge is -2.32. The van der Waals surface area contributed by atoms with Gasteiger partial charge < -0.3 is 16.0 Å². The van der Waals surface area contributed by atoms with E-state index in [1.807, 2.05) is 7.05 Å². The lowest BCUT2D eigenvalue weighted by molar-refractivity contribution is -0.122. The van der Waals surface area contributed by atoms with E-state index >= 15 is 0 Å². The first-order valence-corrected chi connectivity index (χ1v) is 11.1. The average Bonchev–Trinajstić information content (AvgIpc) is 3.51. The van der Waals surface area contributed by atoms with Crippen LogP contribution in [0.5, 0.6) is 0 Å². The Morgan fingerprint density at radius 1 is 1.17 bits per heavy atom. The zero-order chi connectivity index (χ0) is 20.5. The third-order valence-corrected chi connectivity index (χ3v) is 6.10. The van der Waals surface area contributed by atoms with E-state index in [-0.39, 0.29) is 29.9 Å². The van der Waals surface area contributed by atoms with E-state index in [4.69, 9.17) is 0 Å². The number of hydrogen-bond acceptors (Lipinski definition) is 3. The molecule has 3 N–H and O–H groups in total. The molecule has 1 saturated heterocycles. The number of aliphatic imine (C=N–C) groups is 1. The highest BCUT2D eigenvalue weighted by molar-refractivity contribution is 14.0. The van der Waals surface area contributed by atoms with Crippen LogP contribution in [0, 0.1) is 5.41 Å². The summed E-state index contributed by atoms with van der Waals surface area (Å²) in [5.41, 5.74) is 1.80. The number of nitrogens with one attached hydrogen (secondary N) is 3. The molecule has 1 amide bonds. The highest BCUT2D eigenvalue weighted by Crippen LogP contribution is 2.47. The Hall–Kier alpha value is -1.35. The molecule has 1 aromatic carbocycles. The minimum absolute atomic E-state index is 0. The van der Waals surface area contributed by atoms with Crippen LogP contribution in [0.4, 0.5) is 0 Å². The number of guanidine groups is 1. The molecule has 7 heteroatoms. The third kappa shape index (κ3) is 8.06. The molecule has 168 valence electrons. The van der Waals surface area contributed by atoms with E-state index in [0.717, 1.165) is 57.8 Å². The van der Waals surface area contributed by atoms with Crippen molar-refractivity contribution in [3.63, 3.8) is 0 Å². The summed E-state index contributed by atoms with van der Waals surface area (Å²) in [5.74, 6) is 1.05. The summed E-state index contributed by atoms with van der Waals surface area (Å²) in [4.78, 5) is 18.6. The van der Waals surface area contributed by atoms with Crippen molar-refractivity contribution in [2.75, 3.05) is 39.8 Å². The lowest BCUT2D eigenvalue weighted by Crippen LogP contribution is -2.50. The molecule has 0 atom stereocenters. The van der Waals surface area contributed by atoms with Gasteiger partial charge in [-0.25, -0.2) is 0 Å². The number of carbonyl (C=O) groups is 1. The zero-order valence-corrected chi connectivity index (χ0v) is 20.8. The Morgan fingerprint density at radius 2 is 1.87 bits per heavy atom. The number of nitrogens with zero attached hydrogens (tertiary/aromatic N) is 2. The van der Waals surface area contributed by atoms with E-state index in [1.165, 1.54) is 18.4 Å². The largest absolute Gasteiger partial charge is 0.356 e. The summed E-state index contributed by atoms with van der Waals surface area (Å²) >= 11 is 0. The second-order valence-electron chi connectivity index (χ2n) is 8.63. The van der Waals surface area contributed by atoms with Gasteiger partial charge in [-0.3, -0.25) is 14.7 Å². The van der Waals surface area contributed by atoms with Crippen molar-refractivity contribution < 1.29 is 4.79 Å². The van der Waals surface area contributed by atoms with Crippen molar-refractivity contribution >= 4 is 35.8 Å². The van der Waals surface area contributed by atoms with Crippen LogP contribution in [0.25, 0.3) is 0 Å². The number of rotatable bonds is 9. The molecule has 0 bridgehead atoms. The van der Waals surface area contributed by atoms with Crippen molar-refractivity contribution in [1.82, 2.24) is 20.9 Å². The first-order chi connectivity index (χ1) is 14.1. The minimum atomic E-state index is 0. The van der Waals surface area contributed by atoms with Gasteiger partial charge in [0.15, 0.2) is 5.96 Å². The molecular weight excluding hydrogens is 489 g/mol. The Morgan fingerprint density at radius 3 is 2.47 bits per heavy atom. The summed E-state index contributed by atoms with van der Waals surface area (Å²) in [5, 5.41) is 10.1. The summed E-state index contributed by atoms with van der Waals surface area (Å²) in [6, 6.07) is 11.2. The monoisotopic (exact) mass is 527 g/mol. The van der Waals surface area contributed by atoms with Crippen LogP contribution in [0.15, 0.2) is 35.3 Å². The van der Waals surface area contributed by atoms with Crippen LogP contribution in [-0.2, 0) is 11.2 Å². The molecule has 1 heterocycles. The second kappa shape index (κ2) is 12.5. The number of hydrogen-bond donors (Lipinski definition) is 3. The van der Waals surface area contributed by atoms with Crippen molar-refractivity contribution in [2.45, 2.75) is 51.5 Å². The van der Waals surface area contributed by atoms with Crippen LogP contribution in [0.2, 0.25) is 0 Å². The van der Waals surface area contributed by atoms with E-state index in [1.54, 1.807) is 0 Å². The van der Waals surface area contributed by atoms with Crippen molar-refractivity contribution in [3.05, 3.63) is 35.9 Å². The van der Waals surface area contributed by atoms with Gasteiger partial charge in [-0.1, -0.05) is 37.3 Å². The molecule has 0 unspecified atom stereocenters. The molecule has 0 radical (unpaired) electrons. The van der Waals surface area contributed by atoms with E-state index in [2.05, 4.69) is 63.1 Å². The van der Waals surface area contributed by atoms with Crippen LogP contribution in [0.3, 0.4) is 0 Å². The summed E-state index contributed by atoms with van der Waals surface area (Å²) in [7, 11) is 1.85. The zero-order valence-electron chi connectivity index (χ0n) is 18.5. The summed E-state index contributed by atoms with van der Waals surface area (Å²) in [6.07, 6.45) is 6.76. The lowest BCUT2D eigenvalue weighted by atomic mass is 9.96. The number of benzene rings is 1. The summed E-state index contributed by atoms with van der Waals surface area (Å²) in [6.45, 7) is 6.23. The maximum Gasteiger partial charge on any atom is 0.234 e. The van der Waals surface area contributed by atoms with Crippen molar-refractivity contribution in [3.8, 4) is 0 Å². The molecule has 1 saturated carbocycles. The topological polar surface area (TPSA) is 68.8 Å². The predicted molar refractivity (Wildman–Crippen MR) is 134 cm³/mol. The fraction of sp³-hybridized carbons (Fsp3) is 0.652. The number of halogens is 1. The highest BCUT2D eigenvalue weighted by Gasteiger charge is 2.42. The van der Waals surface area contributed by atoms with Gasteiger partial charge in [0.05, 0.1) is 6.54 Å². The van der Waals surface area contributed by atoms with Gasteiger partial charge in [-0.2, -0.15) is 0 Å². The fourth-order valence-electron chi connectivity index (χ4n) is 4.04. The average molecular weight is 527 g/mol. The molecule has 1 aromatic rings. The number of amides is 1. The molecule has 0 spiro atoms. The molecule has 2 aliphatic rings. The SMILES string of the molecule is CCCNC(=O)CN1CCC(NC(=NC)NCC2(Cc3ccccc3)CC2)CC1.I. The van der Waals surface area contributed by atoms with Gasteiger partial charge in [-0.05, 0) is 49.5 Å². The van der Waals surface area contributed by atoms with Crippen LogP contribution < -0.4 is 16.0 Å². The van der Waals surface area contributed by atoms with Gasteiger partial charge in [0.1, 0.15) is 0 Å². The van der Waals surface area contributed by atoms with Crippen LogP contribution in [0.1, 0.15) is 44.6 Å². The Kier molecular flexibility index (Phi) is 10.4.